The molecule has 6 heteroatoms. The van der Waals surface area contributed by atoms with Gasteiger partial charge in [-0.1, -0.05) is 48.0 Å². The second-order valence-corrected chi connectivity index (χ2v) is 9.03. The Morgan fingerprint density at radius 1 is 0.969 bits per heavy atom. The number of aromatic nitrogens is 1. The number of oxazole rings is 1. The van der Waals surface area contributed by atoms with Crippen molar-refractivity contribution in [1.82, 2.24) is 10.3 Å². The molecule has 162 valence electrons. The minimum absolute atomic E-state index is 0.138. The van der Waals surface area contributed by atoms with Crippen LogP contribution in [0.3, 0.4) is 0 Å². The first kappa shape index (κ1) is 21.7. The predicted molar refractivity (Wildman–Crippen MR) is 126 cm³/mol. The molecule has 0 saturated carbocycles. The molecule has 0 radical (unpaired) electrons. The molecular weight excluding hydrogens is 420 g/mol. The van der Waals surface area contributed by atoms with Crippen LogP contribution in [0, 0.1) is 13.8 Å². The van der Waals surface area contributed by atoms with E-state index in [1.807, 2.05) is 74.5 Å². The SMILES string of the molecule is Cc1cccc(CNC(=O)c2ccc(-c3nc(C[S@](=O)c4ccccc4)c(C)o3)cc2)c1. The lowest BCUT2D eigenvalue weighted by molar-refractivity contribution is 0.0951. The third-order valence-corrected chi connectivity index (χ3v) is 6.43. The van der Waals surface area contributed by atoms with Crippen molar-refractivity contribution in [3.8, 4) is 11.5 Å². The summed E-state index contributed by atoms with van der Waals surface area (Å²) >= 11 is 0. The Morgan fingerprint density at radius 2 is 1.72 bits per heavy atom. The monoisotopic (exact) mass is 444 g/mol. The standard InChI is InChI=1S/C26H24N2O3S/c1-18-7-6-8-20(15-18)16-27-25(29)21-11-13-22(14-12-21)26-28-24(19(2)31-26)17-32(30)23-9-4-3-5-10-23/h3-15H,16-17H2,1-2H3,(H,27,29)/t32-/m0/s1. The van der Waals surface area contributed by atoms with Crippen molar-refractivity contribution in [2.45, 2.75) is 31.0 Å². The zero-order chi connectivity index (χ0) is 22.5. The van der Waals surface area contributed by atoms with Crippen molar-refractivity contribution in [3.63, 3.8) is 0 Å². The molecule has 0 fully saturated rings. The first-order chi connectivity index (χ1) is 15.5. The molecule has 0 aliphatic carbocycles. The normalized spacial score (nSPS) is 11.8. The number of benzene rings is 3. The Balaban J connectivity index is 1.42. The summed E-state index contributed by atoms with van der Waals surface area (Å²) < 4.78 is 18.4. The highest BCUT2D eigenvalue weighted by atomic mass is 32.2. The molecule has 0 saturated heterocycles. The van der Waals surface area contributed by atoms with Gasteiger partial charge in [0.1, 0.15) is 5.76 Å². The van der Waals surface area contributed by atoms with E-state index in [-0.39, 0.29) is 5.91 Å². The van der Waals surface area contributed by atoms with Gasteiger partial charge in [0, 0.05) is 22.6 Å². The third kappa shape index (κ3) is 5.21. The number of aryl methyl sites for hydroxylation is 2. The molecule has 0 unspecified atom stereocenters. The summed E-state index contributed by atoms with van der Waals surface area (Å²) in [6, 6.07) is 24.5. The number of carbonyl (C=O) groups is 1. The van der Waals surface area contributed by atoms with Crippen LogP contribution in [-0.2, 0) is 23.1 Å². The fourth-order valence-corrected chi connectivity index (χ4v) is 4.48. The first-order valence-corrected chi connectivity index (χ1v) is 11.7. The van der Waals surface area contributed by atoms with Crippen molar-refractivity contribution in [3.05, 3.63) is 107 Å². The van der Waals surface area contributed by atoms with Crippen LogP contribution < -0.4 is 5.32 Å². The predicted octanol–water partition coefficient (Wildman–Crippen LogP) is 5.20. The van der Waals surface area contributed by atoms with Crippen molar-refractivity contribution in [2.75, 3.05) is 0 Å². The van der Waals surface area contributed by atoms with Gasteiger partial charge < -0.3 is 9.73 Å². The molecule has 1 amide bonds. The highest BCUT2D eigenvalue weighted by molar-refractivity contribution is 7.84. The maximum absolute atomic E-state index is 12.6. The molecule has 1 heterocycles. The van der Waals surface area contributed by atoms with Crippen LogP contribution >= 0.6 is 0 Å². The fraction of sp³-hybridized carbons (Fsp3) is 0.154. The molecule has 4 rings (SSSR count). The van der Waals surface area contributed by atoms with Crippen molar-refractivity contribution in [1.29, 1.82) is 0 Å². The van der Waals surface area contributed by atoms with E-state index in [4.69, 9.17) is 4.42 Å². The summed E-state index contributed by atoms with van der Waals surface area (Å²) in [5, 5.41) is 2.94. The summed E-state index contributed by atoms with van der Waals surface area (Å²) in [5.74, 6) is 1.25. The Bertz CT molecular complexity index is 1250. The van der Waals surface area contributed by atoms with Crippen molar-refractivity contribution >= 4 is 16.7 Å². The molecule has 3 aromatic carbocycles. The Kier molecular flexibility index (Phi) is 6.61. The van der Waals surface area contributed by atoms with Gasteiger partial charge in [0.15, 0.2) is 0 Å². The van der Waals surface area contributed by atoms with Gasteiger partial charge in [-0.15, -0.1) is 0 Å². The fourth-order valence-electron chi connectivity index (χ4n) is 3.34. The number of amides is 1. The lowest BCUT2D eigenvalue weighted by atomic mass is 10.1. The van der Waals surface area contributed by atoms with Crippen LogP contribution in [0.2, 0.25) is 0 Å². The van der Waals surface area contributed by atoms with Gasteiger partial charge in [0.2, 0.25) is 5.89 Å². The van der Waals surface area contributed by atoms with Crippen LogP contribution in [0.15, 0.2) is 88.2 Å². The van der Waals surface area contributed by atoms with E-state index in [1.165, 1.54) is 0 Å². The van der Waals surface area contributed by atoms with Crippen LogP contribution in [0.25, 0.3) is 11.5 Å². The van der Waals surface area contributed by atoms with Gasteiger partial charge >= 0.3 is 0 Å². The number of nitrogens with one attached hydrogen (secondary N) is 1. The molecule has 0 aliphatic rings. The molecule has 1 atom stereocenters. The summed E-state index contributed by atoms with van der Waals surface area (Å²) in [6.45, 7) is 4.32. The quantitative estimate of drug-likeness (QED) is 0.425. The average Bonchev–Trinajstić information content (AvgIpc) is 3.18. The Morgan fingerprint density at radius 3 is 2.44 bits per heavy atom. The zero-order valence-electron chi connectivity index (χ0n) is 18.0. The van der Waals surface area contributed by atoms with Crippen molar-refractivity contribution in [2.24, 2.45) is 0 Å². The summed E-state index contributed by atoms with van der Waals surface area (Å²) in [5.41, 5.74) is 4.22. The molecule has 0 spiro atoms. The second-order valence-electron chi connectivity index (χ2n) is 7.57. The zero-order valence-corrected chi connectivity index (χ0v) is 18.8. The third-order valence-electron chi connectivity index (χ3n) is 5.10. The van der Waals surface area contributed by atoms with Gasteiger partial charge in [-0.2, -0.15) is 0 Å². The van der Waals surface area contributed by atoms with Crippen molar-refractivity contribution < 1.29 is 13.4 Å². The number of carbonyl (C=O) groups excluding carboxylic acids is 1. The Labute approximate surface area is 190 Å². The lowest BCUT2D eigenvalue weighted by Crippen LogP contribution is -2.22. The van der Waals surface area contributed by atoms with E-state index in [9.17, 15) is 9.00 Å². The number of hydrogen-bond donors (Lipinski definition) is 1. The molecule has 4 aromatic rings. The molecule has 32 heavy (non-hydrogen) atoms. The number of rotatable bonds is 7. The van der Waals surface area contributed by atoms with E-state index in [0.29, 0.717) is 35.2 Å². The number of hydrogen-bond acceptors (Lipinski definition) is 4. The van der Waals surface area contributed by atoms with E-state index in [0.717, 1.165) is 21.6 Å². The second kappa shape index (κ2) is 9.75. The smallest absolute Gasteiger partial charge is 0.251 e. The lowest BCUT2D eigenvalue weighted by Gasteiger charge is -2.06. The molecule has 0 aliphatic heterocycles. The van der Waals surface area contributed by atoms with Gasteiger partial charge in [0.05, 0.1) is 22.2 Å². The van der Waals surface area contributed by atoms with E-state index in [1.54, 1.807) is 12.1 Å². The molecule has 1 aromatic heterocycles. The topological polar surface area (TPSA) is 72.2 Å². The maximum atomic E-state index is 12.6. The Hall–Kier alpha value is -3.51. The molecular formula is C26H24N2O3S. The summed E-state index contributed by atoms with van der Waals surface area (Å²) in [7, 11) is -1.19. The van der Waals surface area contributed by atoms with Crippen LogP contribution in [0.4, 0.5) is 0 Å². The van der Waals surface area contributed by atoms with Gasteiger partial charge in [-0.05, 0) is 55.8 Å². The van der Waals surface area contributed by atoms with Crippen LogP contribution in [-0.4, -0.2) is 15.1 Å². The van der Waals surface area contributed by atoms with Gasteiger partial charge in [0.25, 0.3) is 5.91 Å². The van der Waals surface area contributed by atoms with Gasteiger partial charge in [-0.3, -0.25) is 9.00 Å². The first-order valence-electron chi connectivity index (χ1n) is 10.3. The minimum Gasteiger partial charge on any atom is -0.441 e. The highest BCUT2D eigenvalue weighted by Gasteiger charge is 2.15. The van der Waals surface area contributed by atoms with Crippen LogP contribution in [0.1, 0.15) is 32.9 Å². The summed E-state index contributed by atoms with van der Waals surface area (Å²) in [4.78, 5) is 17.8. The molecule has 1 N–H and O–H groups in total. The van der Waals surface area contributed by atoms with E-state index < -0.39 is 10.8 Å². The average molecular weight is 445 g/mol. The summed E-state index contributed by atoms with van der Waals surface area (Å²) in [6.07, 6.45) is 0. The largest absolute Gasteiger partial charge is 0.441 e. The molecule has 5 nitrogen and oxygen atoms in total. The maximum Gasteiger partial charge on any atom is 0.251 e. The van der Waals surface area contributed by atoms with Crippen LogP contribution in [0.5, 0.6) is 0 Å². The van der Waals surface area contributed by atoms with E-state index in [2.05, 4.69) is 16.4 Å². The van der Waals surface area contributed by atoms with Gasteiger partial charge in [-0.25, -0.2) is 4.98 Å². The van der Waals surface area contributed by atoms with E-state index >= 15 is 0 Å². The highest BCUT2D eigenvalue weighted by Crippen LogP contribution is 2.24. The molecule has 0 bridgehead atoms. The minimum atomic E-state index is -1.19. The number of nitrogens with zero attached hydrogens (tertiary/aromatic N) is 1.